The second-order valence-electron chi connectivity index (χ2n) is 4.11. The van der Waals surface area contributed by atoms with E-state index in [0.29, 0.717) is 6.04 Å². The molecule has 1 aliphatic rings. The second kappa shape index (κ2) is 4.12. The number of nitrogens with zero attached hydrogens (tertiary/aromatic N) is 3. The Morgan fingerprint density at radius 2 is 2.20 bits per heavy atom. The Hall–Kier alpha value is -0.580. The van der Waals surface area contributed by atoms with E-state index in [1.54, 1.807) is 4.68 Å². The number of nitrogens with one attached hydrogen (secondary N) is 1. The van der Waals surface area contributed by atoms with Gasteiger partial charge in [0.15, 0.2) is 0 Å². The molecule has 1 aromatic rings. The SMILES string of the molecule is Cc1nn(C)c(Cl)c1C1CNCCN1C. The van der Waals surface area contributed by atoms with Crippen molar-refractivity contribution in [2.75, 3.05) is 26.7 Å². The first kappa shape index (κ1) is 10.9. The first-order chi connectivity index (χ1) is 7.11. The number of likely N-dealkylation sites (N-methyl/N-ethyl adjacent to an activating group) is 1. The molecule has 0 aromatic carbocycles. The van der Waals surface area contributed by atoms with Crippen LogP contribution in [0.5, 0.6) is 0 Å². The third-order valence-corrected chi connectivity index (χ3v) is 3.49. The van der Waals surface area contributed by atoms with Crippen LogP contribution >= 0.6 is 11.6 Å². The summed E-state index contributed by atoms with van der Waals surface area (Å²) in [7, 11) is 4.02. The zero-order valence-electron chi connectivity index (χ0n) is 9.42. The van der Waals surface area contributed by atoms with E-state index in [-0.39, 0.29) is 0 Å². The third-order valence-electron chi connectivity index (χ3n) is 3.04. The molecule has 0 spiro atoms. The monoisotopic (exact) mass is 228 g/mol. The summed E-state index contributed by atoms with van der Waals surface area (Å²) in [6.45, 7) is 5.06. The lowest BCUT2D eigenvalue weighted by Crippen LogP contribution is -2.44. The highest BCUT2D eigenvalue weighted by molar-refractivity contribution is 6.30. The van der Waals surface area contributed by atoms with E-state index >= 15 is 0 Å². The van der Waals surface area contributed by atoms with Crippen LogP contribution in [0.2, 0.25) is 5.15 Å². The van der Waals surface area contributed by atoms with Gasteiger partial charge in [-0.3, -0.25) is 9.58 Å². The van der Waals surface area contributed by atoms with Crippen molar-refractivity contribution in [3.63, 3.8) is 0 Å². The van der Waals surface area contributed by atoms with Crippen molar-refractivity contribution in [1.29, 1.82) is 0 Å². The minimum Gasteiger partial charge on any atom is -0.314 e. The van der Waals surface area contributed by atoms with Crippen LogP contribution in [0.1, 0.15) is 17.3 Å². The maximum atomic E-state index is 6.26. The van der Waals surface area contributed by atoms with E-state index < -0.39 is 0 Å². The van der Waals surface area contributed by atoms with Gasteiger partial charge in [-0.05, 0) is 14.0 Å². The first-order valence-corrected chi connectivity index (χ1v) is 5.59. The molecule has 1 N–H and O–H groups in total. The second-order valence-corrected chi connectivity index (χ2v) is 4.47. The molecule has 1 fully saturated rings. The van der Waals surface area contributed by atoms with E-state index in [4.69, 9.17) is 11.6 Å². The summed E-state index contributed by atoms with van der Waals surface area (Å²) in [6, 6.07) is 0.347. The van der Waals surface area contributed by atoms with Gasteiger partial charge >= 0.3 is 0 Å². The van der Waals surface area contributed by atoms with Gasteiger partial charge in [0.05, 0.1) is 11.7 Å². The topological polar surface area (TPSA) is 33.1 Å². The zero-order valence-corrected chi connectivity index (χ0v) is 10.2. The highest BCUT2D eigenvalue weighted by Gasteiger charge is 2.26. The molecule has 4 nitrogen and oxygen atoms in total. The predicted molar refractivity (Wildman–Crippen MR) is 61.2 cm³/mol. The Kier molecular flexibility index (Phi) is 3.00. The van der Waals surface area contributed by atoms with Crippen LogP contribution in [-0.4, -0.2) is 41.4 Å². The molecule has 1 aliphatic heterocycles. The van der Waals surface area contributed by atoms with Crippen LogP contribution in [0.25, 0.3) is 0 Å². The molecule has 15 heavy (non-hydrogen) atoms. The van der Waals surface area contributed by atoms with Gasteiger partial charge in [-0.1, -0.05) is 11.6 Å². The molecule has 1 saturated heterocycles. The molecular formula is C10H17ClN4. The number of aryl methyl sites for hydroxylation is 2. The van der Waals surface area contributed by atoms with Crippen molar-refractivity contribution in [1.82, 2.24) is 20.0 Å². The third kappa shape index (κ3) is 1.89. The Bertz CT molecular complexity index is 361. The maximum Gasteiger partial charge on any atom is 0.131 e. The fourth-order valence-corrected chi connectivity index (χ4v) is 2.45. The molecule has 1 atom stereocenters. The fourth-order valence-electron chi connectivity index (χ4n) is 2.15. The van der Waals surface area contributed by atoms with Gasteiger partial charge in [0.25, 0.3) is 0 Å². The Labute approximate surface area is 95.2 Å². The van der Waals surface area contributed by atoms with Crippen molar-refractivity contribution in [3.8, 4) is 0 Å². The molecule has 5 heteroatoms. The van der Waals surface area contributed by atoms with Gasteiger partial charge in [0.2, 0.25) is 0 Å². The number of rotatable bonds is 1. The van der Waals surface area contributed by atoms with Gasteiger partial charge in [-0.2, -0.15) is 5.10 Å². The minimum atomic E-state index is 0.347. The molecule has 1 aromatic heterocycles. The average Bonchev–Trinajstić information content (AvgIpc) is 2.43. The summed E-state index contributed by atoms with van der Waals surface area (Å²) in [5, 5.41) is 8.50. The maximum absolute atomic E-state index is 6.26. The van der Waals surface area contributed by atoms with Gasteiger partial charge in [-0.25, -0.2) is 0 Å². The lowest BCUT2D eigenvalue weighted by atomic mass is 10.1. The summed E-state index contributed by atoms with van der Waals surface area (Å²) in [6.07, 6.45) is 0. The Balaban J connectivity index is 2.35. The molecule has 2 heterocycles. The quantitative estimate of drug-likeness (QED) is 0.778. The van der Waals surface area contributed by atoms with Crippen molar-refractivity contribution in [2.24, 2.45) is 7.05 Å². The number of piperazine rings is 1. The average molecular weight is 229 g/mol. The van der Waals surface area contributed by atoms with Crippen LogP contribution < -0.4 is 5.32 Å². The van der Waals surface area contributed by atoms with Crippen LogP contribution in [0, 0.1) is 6.92 Å². The van der Waals surface area contributed by atoms with E-state index in [1.165, 1.54) is 0 Å². The van der Waals surface area contributed by atoms with Crippen LogP contribution in [0.4, 0.5) is 0 Å². The summed E-state index contributed by atoms with van der Waals surface area (Å²) in [5.41, 5.74) is 2.19. The molecular weight excluding hydrogens is 212 g/mol. The van der Waals surface area contributed by atoms with Crippen molar-refractivity contribution < 1.29 is 0 Å². The predicted octanol–water partition coefficient (Wildman–Crippen LogP) is 0.958. The van der Waals surface area contributed by atoms with E-state index in [2.05, 4.69) is 22.4 Å². The lowest BCUT2D eigenvalue weighted by Gasteiger charge is -2.33. The number of hydrogen-bond donors (Lipinski definition) is 1. The van der Waals surface area contributed by atoms with Crippen molar-refractivity contribution in [2.45, 2.75) is 13.0 Å². The number of aromatic nitrogens is 2. The lowest BCUT2D eigenvalue weighted by molar-refractivity contribution is 0.202. The molecule has 1 unspecified atom stereocenters. The molecule has 84 valence electrons. The van der Waals surface area contributed by atoms with Gasteiger partial charge in [-0.15, -0.1) is 0 Å². The smallest absolute Gasteiger partial charge is 0.131 e. The molecule has 0 saturated carbocycles. The normalized spacial score (nSPS) is 23.3. The Morgan fingerprint density at radius 3 is 2.73 bits per heavy atom. The van der Waals surface area contributed by atoms with Crippen LogP contribution in [0.3, 0.4) is 0 Å². The first-order valence-electron chi connectivity index (χ1n) is 5.21. The van der Waals surface area contributed by atoms with Crippen molar-refractivity contribution >= 4 is 11.6 Å². The molecule has 0 radical (unpaired) electrons. The Morgan fingerprint density at radius 1 is 1.47 bits per heavy atom. The number of hydrogen-bond acceptors (Lipinski definition) is 3. The summed E-state index contributed by atoms with van der Waals surface area (Å²) >= 11 is 6.26. The minimum absolute atomic E-state index is 0.347. The van der Waals surface area contributed by atoms with E-state index in [1.807, 2.05) is 14.0 Å². The molecule has 0 bridgehead atoms. The van der Waals surface area contributed by atoms with Crippen LogP contribution in [-0.2, 0) is 7.05 Å². The van der Waals surface area contributed by atoms with Crippen molar-refractivity contribution in [3.05, 3.63) is 16.4 Å². The standard InChI is InChI=1S/C10H17ClN4/c1-7-9(10(11)15(3)13-7)8-6-12-4-5-14(8)2/h8,12H,4-6H2,1-3H3. The zero-order chi connectivity index (χ0) is 11.0. The summed E-state index contributed by atoms with van der Waals surface area (Å²) in [5.74, 6) is 0. The summed E-state index contributed by atoms with van der Waals surface area (Å²) in [4.78, 5) is 2.33. The van der Waals surface area contributed by atoms with Gasteiger partial charge in [0.1, 0.15) is 5.15 Å². The van der Waals surface area contributed by atoms with E-state index in [0.717, 1.165) is 36.0 Å². The molecule has 0 aliphatic carbocycles. The van der Waals surface area contributed by atoms with E-state index in [9.17, 15) is 0 Å². The summed E-state index contributed by atoms with van der Waals surface area (Å²) < 4.78 is 1.74. The molecule has 2 rings (SSSR count). The largest absolute Gasteiger partial charge is 0.314 e. The fraction of sp³-hybridized carbons (Fsp3) is 0.700. The highest BCUT2D eigenvalue weighted by Crippen LogP contribution is 2.29. The number of halogens is 1. The highest BCUT2D eigenvalue weighted by atomic mass is 35.5. The molecule has 0 amide bonds. The van der Waals surface area contributed by atoms with Crippen LogP contribution in [0.15, 0.2) is 0 Å². The van der Waals surface area contributed by atoms with Gasteiger partial charge in [0, 0.05) is 32.2 Å². The van der Waals surface area contributed by atoms with Gasteiger partial charge < -0.3 is 5.32 Å².